The molecule has 1 saturated heterocycles. The van der Waals surface area contributed by atoms with Crippen LogP contribution in [0.3, 0.4) is 0 Å². The van der Waals surface area contributed by atoms with Crippen LogP contribution in [-0.4, -0.2) is 78.9 Å². The molecule has 0 spiro atoms. The Labute approximate surface area is 140 Å². The number of urea groups is 1. The molecular formula is C17H34N4O2. The zero-order valence-corrected chi connectivity index (χ0v) is 14.8. The molecular weight excluding hydrogens is 292 g/mol. The topological polar surface area (TPSA) is 67.8 Å². The minimum absolute atomic E-state index is 0.0822. The Morgan fingerprint density at radius 2 is 1.83 bits per heavy atom. The van der Waals surface area contributed by atoms with E-state index in [1.54, 1.807) is 0 Å². The van der Waals surface area contributed by atoms with Crippen LogP contribution in [0.25, 0.3) is 0 Å². The molecule has 0 aromatic carbocycles. The van der Waals surface area contributed by atoms with Crippen LogP contribution in [0.4, 0.5) is 4.79 Å². The lowest BCUT2D eigenvalue weighted by Gasteiger charge is -2.35. The van der Waals surface area contributed by atoms with E-state index in [-0.39, 0.29) is 18.2 Å². The van der Waals surface area contributed by atoms with Crippen molar-refractivity contribution in [1.29, 1.82) is 0 Å². The number of hydrogen-bond acceptors (Lipinski definition) is 4. The molecule has 2 amide bonds. The molecule has 2 aliphatic rings. The van der Waals surface area contributed by atoms with E-state index in [1.807, 2.05) is 0 Å². The maximum absolute atomic E-state index is 12.0. The van der Waals surface area contributed by atoms with Gasteiger partial charge in [0.25, 0.3) is 0 Å². The number of rotatable bonds is 6. The molecule has 134 valence electrons. The first kappa shape index (κ1) is 18.5. The fourth-order valence-corrected chi connectivity index (χ4v) is 3.56. The number of likely N-dealkylation sites (N-methyl/N-ethyl adjacent to an activating group) is 1. The van der Waals surface area contributed by atoms with E-state index in [0.29, 0.717) is 12.5 Å². The molecule has 3 N–H and O–H groups in total. The molecule has 3 atom stereocenters. The van der Waals surface area contributed by atoms with Crippen LogP contribution in [0.2, 0.25) is 0 Å². The molecule has 2 rings (SSSR count). The summed E-state index contributed by atoms with van der Waals surface area (Å²) in [6.07, 6.45) is 3.43. The number of nitrogens with one attached hydrogen (secondary N) is 2. The Morgan fingerprint density at radius 1 is 1.17 bits per heavy atom. The minimum atomic E-state index is -0.387. The highest BCUT2D eigenvalue weighted by Gasteiger charge is 2.24. The third-order valence-electron chi connectivity index (χ3n) is 5.14. The van der Waals surface area contributed by atoms with Crippen molar-refractivity contribution in [2.24, 2.45) is 5.92 Å². The van der Waals surface area contributed by atoms with Gasteiger partial charge < -0.3 is 25.5 Å². The maximum atomic E-state index is 12.0. The molecule has 0 aromatic rings. The van der Waals surface area contributed by atoms with Crippen molar-refractivity contribution in [2.45, 2.75) is 51.7 Å². The SMILES string of the molecule is CCN1CCN(C[C@H](C)CNC(=O)N[C@@H]2CCCC[C@@H]2O)CC1. The summed E-state index contributed by atoms with van der Waals surface area (Å²) in [6.45, 7) is 11.8. The van der Waals surface area contributed by atoms with E-state index in [9.17, 15) is 9.90 Å². The second-order valence-corrected chi connectivity index (χ2v) is 7.15. The Morgan fingerprint density at radius 3 is 2.48 bits per heavy atom. The van der Waals surface area contributed by atoms with Gasteiger partial charge in [-0.3, -0.25) is 0 Å². The standard InChI is InChI=1S/C17H34N4O2/c1-3-20-8-10-21(11-9-20)13-14(2)12-18-17(23)19-15-6-4-5-7-16(15)22/h14-16,22H,3-13H2,1-2H3,(H2,18,19,23)/t14-,15-,16+/m1/s1. The molecule has 0 radical (unpaired) electrons. The maximum Gasteiger partial charge on any atom is 0.315 e. The number of carbonyl (C=O) groups excluding carboxylic acids is 1. The largest absolute Gasteiger partial charge is 0.391 e. The van der Waals surface area contributed by atoms with Gasteiger partial charge in [0, 0.05) is 39.3 Å². The van der Waals surface area contributed by atoms with Crippen molar-refractivity contribution in [2.75, 3.05) is 45.8 Å². The summed E-state index contributed by atoms with van der Waals surface area (Å²) in [7, 11) is 0. The van der Waals surface area contributed by atoms with Crippen LogP contribution in [0.5, 0.6) is 0 Å². The number of carbonyl (C=O) groups is 1. The Hall–Kier alpha value is -0.850. The van der Waals surface area contributed by atoms with Crippen molar-refractivity contribution < 1.29 is 9.90 Å². The van der Waals surface area contributed by atoms with Gasteiger partial charge >= 0.3 is 6.03 Å². The Kier molecular flexibility index (Phi) is 7.59. The summed E-state index contributed by atoms with van der Waals surface area (Å²) in [6, 6.07) is -0.222. The lowest BCUT2D eigenvalue weighted by Crippen LogP contribution is -2.51. The summed E-state index contributed by atoms with van der Waals surface area (Å²) >= 11 is 0. The number of piperazine rings is 1. The average Bonchev–Trinajstić information content (AvgIpc) is 2.56. The monoisotopic (exact) mass is 326 g/mol. The van der Waals surface area contributed by atoms with Gasteiger partial charge in [-0.05, 0) is 25.3 Å². The summed E-state index contributed by atoms with van der Waals surface area (Å²) in [5.74, 6) is 0.435. The molecule has 23 heavy (non-hydrogen) atoms. The fraction of sp³-hybridized carbons (Fsp3) is 0.941. The van der Waals surface area contributed by atoms with Crippen molar-refractivity contribution in [3.8, 4) is 0 Å². The molecule has 0 bridgehead atoms. The second-order valence-electron chi connectivity index (χ2n) is 7.15. The van der Waals surface area contributed by atoms with E-state index >= 15 is 0 Å². The van der Waals surface area contributed by atoms with Crippen molar-refractivity contribution in [3.05, 3.63) is 0 Å². The average molecular weight is 326 g/mol. The van der Waals surface area contributed by atoms with Crippen LogP contribution in [0, 0.1) is 5.92 Å². The Balaban J connectivity index is 1.60. The second kappa shape index (κ2) is 9.45. The van der Waals surface area contributed by atoms with Crippen LogP contribution >= 0.6 is 0 Å². The van der Waals surface area contributed by atoms with Gasteiger partial charge in [-0.2, -0.15) is 0 Å². The van der Waals surface area contributed by atoms with Crippen LogP contribution < -0.4 is 10.6 Å². The minimum Gasteiger partial charge on any atom is -0.391 e. The molecule has 1 saturated carbocycles. The molecule has 6 heteroatoms. The van der Waals surface area contributed by atoms with E-state index in [1.165, 1.54) is 0 Å². The Bertz CT molecular complexity index is 359. The summed E-state index contributed by atoms with van der Waals surface area (Å²) in [4.78, 5) is 16.9. The van der Waals surface area contributed by atoms with Gasteiger partial charge in [0.05, 0.1) is 12.1 Å². The van der Waals surface area contributed by atoms with E-state index in [0.717, 1.165) is 65.0 Å². The summed E-state index contributed by atoms with van der Waals surface area (Å²) in [5, 5.41) is 15.8. The molecule has 1 heterocycles. The van der Waals surface area contributed by atoms with E-state index in [4.69, 9.17) is 0 Å². The lowest BCUT2D eigenvalue weighted by atomic mass is 9.93. The van der Waals surface area contributed by atoms with Crippen molar-refractivity contribution in [3.63, 3.8) is 0 Å². The van der Waals surface area contributed by atoms with Crippen LogP contribution in [0.1, 0.15) is 39.5 Å². The van der Waals surface area contributed by atoms with Gasteiger partial charge in [0.1, 0.15) is 0 Å². The zero-order valence-electron chi connectivity index (χ0n) is 14.8. The number of nitrogens with zero attached hydrogens (tertiary/aromatic N) is 2. The third-order valence-corrected chi connectivity index (χ3v) is 5.14. The normalized spacial score (nSPS) is 28.3. The zero-order chi connectivity index (χ0) is 16.7. The highest BCUT2D eigenvalue weighted by molar-refractivity contribution is 5.74. The number of hydrogen-bond donors (Lipinski definition) is 3. The van der Waals surface area contributed by atoms with Crippen LogP contribution in [0.15, 0.2) is 0 Å². The predicted molar refractivity (Wildman–Crippen MR) is 92.5 cm³/mol. The number of aliphatic hydroxyl groups excluding tert-OH is 1. The van der Waals surface area contributed by atoms with Gasteiger partial charge in [-0.1, -0.05) is 26.7 Å². The molecule has 6 nitrogen and oxygen atoms in total. The fourth-order valence-electron chi connectivity index (χ4n) is 3.56. The first-order chi connectivity index (χ1) is 11.1. The van der Waals surface area contributed by atoms with E-state index in [2.05, 4.69) is 34.3 Å². The van der Waals surface area contributed by atoms with Crippen molar-refractivity contribution in [1.82, 2.24) is 20.4 Å². The number of aliphatic hydroxyl groups is 1. The third kappa shape index (κ3) is 6.28. The predicted octanol–water partition coefficient (Wildman–Crippen LogP) is 0.863. The number of amides is 2. The quantitative estimate of drug-likeness (QED) is 0.677. The van der Waals surface area contributed by atoms with Crippen LogP contribution in [-0.2, 0) is 0 Å². The smallest absolute Gasteiger partial charge is 0.315 e. The summed E-state index contributed by atoms with van der Waals surface area (Å²) < 4.78 is 0. The molecule has 1 aliphatic carbocycles. The van der Waals surface area contributed by atoms with Gasteiger partial charge in [-0.25, -0.2) is 4.79 Å². The first-order valence-corrected chi connectivity index (χ1v) is 9.25. The lowest BCUT2D eigenvalue weighted by molar-refractivity contribution is 0.0940. The van der Waals surface area contributed by atoms with Crippen molar-refractivity contribution >= 4 is 6.03 Å². The van der Waals surface area contributed by atoms with E-state index < -0.39 is 0 Å². The summed E-state index contributed by atoms with van der Waals surface area (Å²) in [5.41, 5.74) is 0. The van der Waals surface area contributed by atoms with Gasteiger partial charge in [-0.15, -0.1) is 0 Å². The highest BCUT2D eigenvalue weighted by Crippen LogP contribution is 2.18. The molecule has 0 aromatic heterocycles. The van der Waals surface area contributed by atoms with Gasteiger partial charge in [0.2, 0.25) is 0 Å². The molecule has 2 fully saturated rings. The first-order valence-electron chi connectivity index (χ1n) is 9.25. The highest BCUT2D eigenvalue weighted by atomic mass is 16.3. The van der Waals surface area contributed by atoms with Gasteiger partial charge in [0.15, 0.2) is 0 Å². The molecule has 1 aliphatic heterocycles. The molecule has 0 unspecified atom stereocenters.